The second kappa shape index (κ2) is 4.13. The SMILES string of the molecule is CC1(C2CCC3=C2c2ccccc2[N]3)CCCCC1. The van der Waals surface area contributed by atoms with E-state index in [1.807, 2.05) is 0 Å². The first-order valence-electron chi connectivity index (χ1n) is 7.82. The minimum absolute atomic E-state index is 0.530. The predicted octanol–water partition coefficient (Wildman–Crippen LogP) is 5.03. The van der Waals surface area contributed by atoms with Gasteiger partial charge in [-0.05, 0) is 48.7 Å². The molecule has 0 aromatic heterocycles. The molecule has 1 fully saturated rings. The zero-order valence-electron chi connectivity index (χ0n) is 11.8. The lowest BCUT2D eigenvalue weighted by atomic mass is 9.64. The minimum atomic E-state index is 0.530. The van der Waals surface area contributed by atoms with Crippen LogP contribution in [0.25, 0.3) is 5.57 Å². The van der Waals surface area contributed by atoms with Gasteiger partial charge in [-0.3, -0.25) is 5.32 Å². The summed E-state index contributed by atoms with van der Waals surface area (Å²) in [5.41, 5.74) is 6.20. The van der Waals surface area contributed by atoms with Gasteiger partial charge in [0, 0.05) is 11.3 Å². The second-order valence-electron chi connectivity index (χ2n) is 6.80. The Bertz CT molecular complexity index is 534. The van der Waals surface area contributed by atoms with E-state index in [1.165, 1.54) is 61.9 Å². The Kier molecular flexibility index (Phi) is 2.51. The Labute approximate surface area is 116 Å². The Morgan fingerprint density at radius 1 is 1.11 bits per heavy atom. The topological polar surface area (TPSA) is 14.1 Å². The van der Waals surface area contributed by atoms with Crippen LogP contribution in [0.1, 0.15) is 57.4 Å². The maximum Gasteiger partial charge on any atom is 0.0708 e. The standard InChI is InChI=1S/C18H22N/c1-18(11-5-2-6-12-18)14-9-10-16-17(14)13-7-3-4-8-15(13)19-16/h3-4,7-8,14H,2,5-6,9-12H2,1H3. The van der Waals surface area contributed by atoms with Crippen LogP contribution in [-0.4, -0.2) is 0 Å². The zero-order chi connectivity index (χ0) is 12.9. The summed E-state index contributed by atoms with van der Waals surface area (Å²) >= 11 is 0. The van der Waals surface area contributed by atoms with E-state index in [0.29, 0.717) is 5.41 Å². The van der Waals surface area contributed by atoms with Crippen molar-refractivity contribution in [2.45, 2.75) is 51.9 Å². The lowest BCUT2D eigenvalue weighted by molar-refractivity contribution is 0.154. The number of allylic oxidation sites excluding steroid dienone is 2. The first-order chi connectivity index (χ1) is 9.28. The average molecular weight is 252 g/mol. The number of nitrogens with zero attached hydrogens (tertiary/aromatic N) is 1. The number of rotatable bonds is 1. The molecule has 1 atom stereocenters. The summed E-state index contributed by atoms with van der Waals surface area (Å²) in [4.78, 5) is 0. The predicted molar refractivity (Wildman–Crippen MR) is 79.1 cm³/mol. The Balaban J connectivity index is 1.73. The maximum atomic E-state index is 4.87. The molecule has 0 saturated heterocycles. The molecular weight excluding hydrogens is 230 g/mol. The highest BCUT2D eigenvalue weighted by Gasteiger charge is 2.44. The summed E-state index contributed by atoms with van der Waals surface area (Å²) < 4.78 is 0. The van der Waals surface area contributed by atoms with E-state index in [4.69, 9.17) is 5.32 Å². The smallest absolute Gasteiger partial charge is 0.0708 e. The van der Waals surface area contributed by atoms with E-state index < -0.39 is 0 Å². The lowest BCUT2D eigenvalue weighted by Gasteiger charge is -2.40. The third-order valence-electron chi connectivity index (χ3n) is 5.62. The van der Waals surface area contributed by atoms with E-state index in [9.17, 15) is 0 Å². The van der Waals surface area contributed by atoms with Crippen molar-refractivity contribution in [3.05, 3.63) is 35.5 Å². The van der Waals surface area contributed by atoms with E-state index in [0.717, 1.165) is 5.92 Å². The molecule has 0 amide bonds. The van der Waals surface area contributed by atoms with E-state index in [2.05, 4.69) is 31.2 Å². The van der Waals surface area contributed by atoms with Gasteiger partial charge in [-0.2, -0.15) is 0 Å². The van der Waals surface area contributed by atoms with E-state index >= 15 is 0 Å². The summed E-state index contributed by atoms with van der Waals surface area (Å²) in [6, 6.07) is 8.74. The molecule has 1 heteroatoms. The maximum absolute atomic E-state index is 4.87. The molecule has 1 radical (unpaired) electrons. The Hall–Kier alpha value is -1.24. The highest BCUT2D eigenvalue weighted by molar-refractivity contribution is 5.84. The molecule has 1 aromatic rings. The van der Waals surface area contributed by atoms with Crippen LogP contribution in [0.2, 0.25) is 0 Å². The summed E-state index contributed by atoms with van der Waals surface area (Å²) in [7, 11) is 0. The fraction of sp³-hybridized carbons (Fsp3) is 0.556. The molecule has 1 nitrogen and oxygen atoms in total. The van der Waals surface area contributed by atoms with Gasteiger partial charge in [0.05, 0.1) is 5.69 Å². The monoisotopic (exact) mass is 252 g/mol. The van der Waals surface area contributed by atoms with Crippen LogP contribution in [0.3, 0.4) is 0 Å². The van der Waals surface area contributed by atoms with Crippen LogP contribution in [0.5, 0.6) is 0 Å². The molecule has 1 heterocycles. The third-order valence-corrected chi connectivity index (χ3v) is 5.62. The van der Waals surface area contributed by atoms with Crippen molar-refractivity contribution in [1.82, 2.24) is 5.32 Å². The number of fused-ring (bicyclic) bond motifs is 2. The highest BCUT2D eigenvalue weighted by atomic mass is 14.9. The van der Waals surface area contributed by atoms with Gasteiger partial charge in [-0.1, -0.05) is 44.4 Å². The molecule has 0 spiro atoms. The average Bonchev–Trinajstić information content (AvgIpc) is 2.98. The van der Waals surface area contributed by atoms with Gasteiger partial charge < -0.3 is 0 Å². The van der Waals surface area contributed by atoms with Crippen LogP contribution in [0.15, 0.2) is 30.0 Å². The van der Waals surface area contributed by atoms with Crippen LogP contribution < -0.4 is 5.32 Å². The fourth-order valence-corrected chi connectivity index (χ4v) is 4.57. The van der Waals surface area contributed by atoms with E-state index in [-0.39, 0.29) is 0 Å². The number of hydrogen-bond acceptors (Lipinski definition) is 0. The summed E-state index contributed by atoms with van der Waals surface area (Å²) in [5, 5.41) is 4.87. The quantitative estimate of drug-likeness (QED) is 0.665. The minimum Gasteiger partial charge on any atom is -0.253 e. The first-order valence-corrected chi connectivity index (χ1v) is 7.82. The number of benzene rings is 1. The summed E-state index contributed by atoms with van der Waals surface area (Å²) in [6.45, 7) is 2.54. The molecule has 2 aliphatic carbocycles. The van der Waals surface area contributed by atoms with Gasteiger partial charge in [-0.25, -0.2) is 0 Å². The number of para-hydroxylation sites is 1. The van der Waals surface area contributed by atoms with Gasteiger partial charge in [0.15, 0.2) is 0 Å². The molecule has 4 rings (SSSR count). The van der Waals surface area contributed by atoms with Crippen LogP contribution in [0.4, 0.5) is 5.69 Å². The molecule has 1 aliphatic heterocycles. The summed E-state index contributed by atoms with van der Waals surface area (Å²) in [5.74, 6) is 0.759. The van der Waals surface area contributed by atoms with E-state index in [1.54, 1.807) is 5.57 Å². The van der Waals surface area contributed by atoms with Crippen LogP contribution in [-0.2, 0) is 0 Å². The van der Waals surface area contributed by atoms with Crippen molar-refractivity contribution in [2.75, 3.05) is 0 Å². The van der Waals surface area contributed by atoms with Gasteiger partial charge in [0.2, 0.25) is 0 Å². The molecule has 1 unspecified atom stereocenters. The van der Waals surface area contributed by atoms with Crippen molar-refractivity contribution in [3.63, 3.8) is 0 Å². The molecular formula is C18H22N. The Morgan fingerprint density at radius 3 is 2.74 bits per heavy atom. The molecule has 99 valence electrons. The van der Waals surface area contributed by atoms with Crippen molar-refractivity contribution in [2.24, 2.45) is 11.3 Å². The lowest BCUT2D eigenvalue weighted by Crippen LogP contribution is -2.29. The molecule has 0 bridgehead atoms. The first kappa shape index (κ1) is 11.6. The fourth-order valence-electron chi connectivity index (χ4n) is 4.57. The highest BCUT2D eigenvalue weighted by Crippen LogP contribution is 2.56. The van der Waals surface area contributed by atoms with Gasteiger partial charge in [-0.15, -0.1) is 0 Å². The number of hydrogen-bond donors (Lipinski definition) is 0. The van der Waals surface area contributed by atoms with Crippen molar-refractivity contribution < 1.29 is 0 Å². The zero-order valence-corrected chi connectivity index (χ0v) is 11.8. The van der Waals surface area contributed by atoms with Crippen LogP contribution in [0, 0.1) is 11.3 Å². The third kappa shape index (κ3) is 1.67. The molecule has 1 saturated carbocycles. The van der Waals surface area contributed by atoms with Crippen molar-refractivity contribution in [3.8, 4) is 0 Å². The molecule has 1 aromatic carbocycles. The largest absolute Gasteiger partial charge is 0.253 e. The molecule has 19 heavy (non-hydrogen) atoms. The molecule has 3 aliphatic rings. The van der Waals surface area contributed by atoms with Gasteiger partial charge in [0.25, 0.3) is 0 Å². The van der Waals surface area contributed by atoms with Crippen molar-refractivity contribution in [1.29, 1.82) is 0 Å². The van der Waals surface area contributed by atoms with Crippen LogP contribution >= 0.6 is 0 Å². The second-order valence-corrected chi connectivity index (χ2v) is 6.80. The summed E-state index contributed by atoms with van der Waals surface area (Å²) in [6.07, 6.45) is 9.65. The Morgan fingerprint density at radius 2 is 1.89 bits per heavy atom. The van der Waals surface area contributed by atoms with Gasteiger partial charge in [0.1, 0.15) is 0 Å². The van der Waals surface area contributed by atoms with Crippen molar-refractivity contribution >= 4 is 11.3 Å². The molecule has 0 N–H and O–H groups in total. The normalized spacial score (nSPS) is 27.9. The van der Waals surface area contributed by atoms with Gasteiger partial charge >= 0.3 is 0 Å².